The molecule has 0 amide bonds. The lowest BCUT2D eigenvalue weighted by Crippen LogP contribution is -2.32. The van der Waals surface area contributed by atoms with Crippen molar-refractivity contribution in [3.05, 3.63) is 34.9 Å². The molecule has 2 rings (SSSR count). The summed E-state index contributed by atoms with van der Waals surface area (Å²) in [6, 6.07) is 6.43. The Bertz CT molecular complexity index is 423. The van der Waals surface area contributed by atoms with E-state index in [0.29, 0.717) is 0 Å². The molecular formula is C16H26N2O. The predicted octanol–water partition coefficient (Wildman–Crippen LogP) is 1.88. The topological polar surface area (TPSA) is 35.5 Å². The van der Waals surface area contributed by atoms with Crippen molar-refractivity contribution in [1.82, 2.24) is 10.2 Å². The minimum Gasteiger partial charge on any atom is -0.386 e. The van der Waals surface area contributed by atoms with Crippen LogP contribution in [0.5, 0.6) is 0 Å². The fraction of sp³-hybridized carbons (Fsp3) is 0.625. The molecule has 0 aromatic heterocycles. The minimum absolute atomic E-state index is 0.737. The summed E-state index contributed by atoms with van der Waals surface area (Å²) in [5.41, 5.74) is 3.11. The second-order valence-corrected chi connectivity index (χ2v) is 6.03. The molecule has 0 atom stereocenters. The molecule has 0 saturated carbocycles. The van der Waals surface area contributed by atoms with Crippen molar-refractivity contribution in [1.29, 1.82) is 0 Å². The second kappa shape index (κ2) is 6.04. The summed E-state index contributed by atoms with van der Waals surface area (Å²) in [7, 11) is 2.00. The highest BCUT2D eigenvalue weighted by Crippen LogP contribution is 2.26. The maximum Gasteiger partial charge on any atom is 0.0840 e. The molecular weight excluding hydrogens is 236 g/mol. The van der Waals surface area contributed by atoms with E-state index in [9.17, 15) is 5.11 Å². The van der Waals surface area contributed by atoms with E-state index in [1.165, 1.54) is 17.5 Å². The Morgan fingerprint density at radius 3 is 2.79 bits per heavy atom. The Hall–Kier alpha value is -0.900. The van der Waals surface area contributed by atoms with Crippen LogP contribution in [0.25, 0.3) is 0 Å². The molecule has 1 aromatic rings. The largest absolute Gasteiger partial charge is 0.386 e. The van der Waals surface area contributed by atoms with Crippen molar-refractivity contribution in [2.45, 2.75) is 38.8 Å². The average Bonchev–Trinajstić information content (AvgIpc) is 2.37. The van der Waals surface area contributed by atoms with Gasteiger partial charge in [-0.3, -0.25) is 4.90 Å². The number of aliphatic hydroxyl groups is 1. The summed E-state index contributed by atoms with van der Waals surface area (Å²) >= 11 is 0. The van der Waals surface area contributed by atoms with Gasteiger partial charge in [0.1, 0.15) is 0 Å². The van der Waals surface area contributed by atoms with E-state index in [4.69, 9.17) is 0 Å². The van der Waals surface area contributed by atoms with Gasteiger partial charge in [-0.1, -0.05) is 18.2 Å². The van der Waals surface area contributed by atoms with Gasteiger partial charge in [-0.25, -0.2) is 0 Å². The SMILES string of the molecule is CNCCCN1CCc2cc(C(C)(C)O)ccc2C1. The highest BCUT2D eigenvalue weighted by molar-refractivity contribution is 5.36. The number of hydrogen-bond donors (Lipinski definition) is 2. The van der Waals surface area contributed by atoms with Gasteiger partial charge in [0.15, 0.2) is 0 Å². The molecule has 0 aliphatic carbocycles. The first-order chi connectivity index (χ1) is 9.00. The first kappa shape index (κ1) is 14.5. The van der Waals surface area contributed by atoms with Crippen LogP contribution in [0, 0.1) is 0 Å². The van der Waals surface area contributed by atoms with Crippen LogP contribution in [0.4, 0.5) is 0 Å². The molecule has 0 fully saturated rings. The molecule has 19 heavy (non-hydrogen) atoms. The zero-order chi connectivity index (χ0) is 13.9. The lowest BCUT2D eigenvalue weighted by molar-refractivity contribution is 0.0784. The van der Waals surface area contributed by atoms with Crippen LogP contribution in [-0.4, -0.2) is 36.7 Å². The first-order valence-electron chi connectivity index (χ1n) is 7.22. The van der Waals surface area contributed by atoms with Crippen molar-refractivity contribution >= 4 is 0 Å². The number of nitrogens with zero attached hydrogens (tertiary/aromatic N) is 1. The molecule has 0 spiro atoms. The normalized spacial score (nSPS) is 16.4. The van der Waals surface area contributed by atoms with Crippen LogP contribution in [0.1, 0.15) is 37.0 Å². The molecule has 1 aromatic carbocycles. The third-order valence-electron chi connectivity index (χ3n) is 3.91. The Kier molecular flexibility index (Phi) is 4.61. The fourth-order valence-electron chi connectivity index (χ4n) is 2.66. The molecule has 106 valence electrons. The monoisotopic (exact) mass is 262 g/mol. The lowest BCUT2D eigenvalue weighted by atomic mass is 9.91. The van der Waals surface area contributed by atoms with Crippen LogP contribution in [0.3, 0.4) is 0 Å². The van der Waals surface area contributed by atoms with Crippen molar-refractivity contribution in [3.63, 3.8) is 0 Å². The number of fused-ring (bicyclic) bond motifs is 1. The maximum atomic E-state index is 10.1. The number of hydrogen-bond acceptors (Lipinski definition) is 3. The molecule has 3 heteroatoms. The molecule has 0 bridgehead atoms. The fourth-order valence-corrected chi connectivity index (χ4v) is 2.66. The van der Waals surface area contributed by atoms with Crippen molar-refractivity contribution < 1.29 is 5.11 Å². The second-order valence-electron chi connectivity index (χ2n) is 6.03. The van der Waals surface area contributed by atoms with E-state index < -0.39 is 5.60 Å². The van der Waals surface area contributed by atoms with Gasteiger partial charge in [0.05, 0.1) is 5.60 Å². The van der Waals surface area contributed by atoms with Gasteiger partial charge in [-0.05, 0) is 63.5 Å². The van der Waals surface area contributed by atoms with Crippen LogP contribution in [0.2, 0.25) is 0 Å². The van der Waals surface area contributed by atoms with E-state index in [1.807, 2.05) is 20.9 Å². The molecule has 1 heterocycles. The zero-order valence-electron chi connectivity index (χ0n) is 12.4. The Balaban J connectivity index is 2.02. The van der Waals surface area contributed by atoms with Gasteiger partial charge >= 0.3 is 0 Å². The number of rotatable bonds is 5. The number of benzene rings is 1. The van der Waals surface area contributed by atoms with E-state index >= 15 is 0 Å². The molecule has 0 radical (unpaired) electrons. The molecule has 1 aliphatic heterocycles. The molecule has 0 saturated heterocycles. The third-order valence-corrected chi connectivity index (χ3v) is 3.91. The minimum atomic E-state index is -0.737. The van der Waals surface area contributed by atoms with Gasteiger partial charge in [0.25, 0.3) is 0 Å². The third kappa shape index (κ3) is 3.78. The smallest absolute Gasteiger partial charge is 0.0840 e. The van der Waals surface area contributed by atoms with Crippen molar-refractivity contribution in [2.24, 2.45) is 0 Å². The van der Waals surface area contributed by atoms with Crippen LogP contribution >= 0.6 is 0 Å². The summed E-state index contributed by atoms with van der Waals surface area (Å²) in [5, 5.41) is 13.3. The summed E-state index contributed by atoms with van der Waals surface area (Å²) in [6.45, 7) is 8.12. The standard InChI is InChI=1S/C16H26N2O/c1-16(2,19)15-6-5-14-12-18(9-4-8-17-3)10-7-13(14)11-15/h5-6,11,17,19H,4,7-10,12H2,1-3H3. The van der Waals surface area contributed by atoms with Crippen molar-refractivity contribution in [2.75, 3.05) is 26.7 Å². The van der Waals surface area contributed by atoms with E-state index in [0.717, 1.165) is 38.2 Å². The van der Waals surface area contributed by atoms with Gasteiger partial charge in [0, 0.05) is 13.1 Å². The Labute approximate surface area is 116 Å². The first-order valence-corrected chi connectivity index (χ1v) is 7.22. The number of nitrogens with one attached hydrogen (secondary N) is 1. The predicted molar refractivity (Wildman–Crippen MR) is 79.2 cm³/mol. The zero-order valence-corrected chi connectivity index (χ0v) is 12.4. The summed E-state index contributed by atoms with van der Waals surface area (Å²) in [5.74, 6) is 0. The summed E-state index contributed by atoms with van der Waals surface area (Å²) in [4.78, 5) is 2.52. The van der Waals surface area contributed by atoms with E-state index in [-0.39, 0.29) is 0 Å². The van der Waals surface area contributed by atoms with Gasteiger partial charge in [-0.2, -0.15) is 0 Å². The lowest BCUT2D eigenvalue weighted by Gasteiger charge is -2.30. The van der Waals surface area contributed by atoms with Crippen LogP contribution in [-0.2, 0) is 18.6 Å². The van der Waals surface area contributed by atoms with Gasteiger partial charge < -0.3 is 10.4 Å². The molecule has 1 aliphatic rings. The average molecular weight is 262 g/mol. The molecule has 3 nitrogen and oxygen atoms in total. The van der Waals surface area contributed by atoms with Gasteiger partial charge in [-0.15, -0.1) is 0 Å². The van der Waals surface area contributed by atoms with Crippen LogP contribution in [0.15, 0.2) is 18.2 Å². The Morgan fingerprint density at radius 2 is 2.11 bits per heavy atom. The summed E-state index contributed by atoms with van der Waals surface area (Å²) in [6.07, 6.45) is 2.30. The van der Waals surface area contributed by atoms with Gasteiger partial charge in [0.2, 0.25) is 0 Å². The summed E-state index contributed by atoms with van der Waals surface area (Å²) < 4.78 is 0. The quantitative estimate of drug-likeness (QED) is 0.795. The Morgan fingerprint density at radius 1 is 1.32 bits per heavy atom. The van der Waals surface area contributed by atoms with Crippen LogP contribution < -0.4 is 5.32 Å². The molecule has 0 unspecified atom stereocenters. The highest BCUT2D eigenvalue weighted by atomic mass is 16.3. The maximum absolute atomic E-state index is 10.1. The van der Waals surface area contributed by atoms with E-state index in [2.05, 4.69) is 28.4 Å². The van der Waals surface area contributed by atoms with E-state index in [1.54, 1.807) is 0 Å². The molecule has 2 N–H and O–H groups in total. The van der Waals surface area contributed by atoms with Crippen molar-refractivity contribution in [3.8, 4) is 0 Å². The highest BCUT2D eigenvalue weighted by Gasteiger charge is 2.20.